The molecule has 75 heavy (non-hydrogen) atoms. The van der Waals surface area contributed by atoms with Gasteiger partial charge in [0.25, 0.3) is 6.71 Å². The summed E-state index contributed by atoms with van der Waals surface area (Å²) in [6, 6.07) is 92.4. The van der Waals surface area contributed by atoms with Crippen molar-refractivity contribution >= 4 is 66.7 Å². The van der Waals surface area contributed by atoms with Gasteiger partial charge in [0, 0.05) is 60.6 Å². The van der Waals surface area contributed by atoms with E-state index < -0.39 is 0 Å². The van der Waals surface area contributed by atoms with Gasteiger partial charge in [-0.25, -0.2) is 15.0 Å². The second-order valence-corrected chi connectivity index (χ2v) is 19.9. The Morgan fingerprint density at radius 2 is 0.627 bits per heavy atom. The molecule has 6 heteroatoms. The van der Waals surface area contributed by atoms with Crippen molar-refractivity contribution in [2.75, 3.05) is 0 Å². The van der Waals surface area contributed by atoms with Gasteiger partial charge in [-0.15, -0.1) is 0 Å². The van der Waals surface area contributed by atoms with Crippen LogP contribution in [0, 0.1) is 0 Å². The Morgan fingerprint density at radius 1 is 0.280 bits per heavy atom. The molecule has 3 aromatic heterocycles. The molecule has 5 nitrogen and oxygen atoms in total. The van der Waals surface area contributed by atoms with Crippen LogP contribution in [0.1, 0.15) is 0 Å². The summed E-state index contributed by atoms with van der Waals surface area (Å²) in [7, 11) is 0. The summed E-state index contributed by atoms with van der Waals surface area (Å²) < 4.78 is 5.16. The van der Waals surface area contributed by atoms with Crippen molar-refractivity contribution in [1.29, 1.82) is 0 Å². The summed E-state index contributed by atoms with van der Waals surface area (Å²) in [4.78, 5) is 16.0. The number of rotatable bonds is 7. The van der Waals surface area contributed by atoms with Gasteiger partial charge in [0.05, 0.1) is 11.0 Å². The largest absolute Gasteiger partial charge is 0.310 e. The van der Waals surface area contributed by atoms with E-state index in [0.29, 0.717) is 17.5 Å². The lowest BCUT2D eigenvalue weighted by Crippen LogP contribution is -2.59. The molecular weight excluding hydrogens is 910 g/mol. The lowest BCUT2D eigenvalue weighted by atomic mass is 9.34. The minimum atomic E-state index is -0.0780. The number of benzene rings is 11. The zero-order valence-electron chi connectivity index (χ0n) is 40.6. The molecule has 2 aliphatic heterocycles. The third kappa shape index (κ3) is 6.30. The first kappa shape index (κ1) is 41.7. The fourth-order valence-corrected chi connectivity index (χ4v) is 12.5. The number of aromatic nitrogens is 5. The zero-order valence-corrected chi connectivity index (χ0v) is 40.6. The lowest BCUT2D eigenvalue weighted by molar-refractivity contribution is 1.07. The molecular formula is C69H42BN5. The third-order valence-corrected chi connectivity index (χ3v) is 15.7. The summed E-state index contributed by atoms with van der Waals surface area (Å²) in [5.74, 6) is 1.87. The first-order valence-electron chi connectivity index (χ1n) is 25.7. The van der Waals surface area contributed by atoms with E-state index in [1.165, 1.54) is 82.3 Å². The second kappa shape index (κ2) is 16.3. The van der Waals surface area contributed by atoms with E-state index in [1.54, 1.807) is 0 Å². The van der Waals surface area contributed by atoms with Gasteiger partial charge in [-0.3, -0.25) is 0 Å². The Morgan fingerprint density at radius 3 is 1.01 bits per heavy atom. The van der Waals surface area contributed by atoms with Gasteiger partial charge in [0.2, 0.25) is 0 Å². The Labute approximate surface area is 433 Å². The minimum absolute atomic E-state index is 0.0780. The van der Waals surface area contributed by atoms with Crippen molar-refractivity contribution in [3.05, 3.63) is 255 Å². The van der Waals surface area contributed by atoms with Crippen LogP contribution < -0.4 is 16.4 Å². The minimum Gasteiger partial charge on any atom is -0.310 e. The molecule has 0 unspecified atom stereocenters. The molecule has 0 radical (unpaired) electrons. The van der Waals surface area contributed by atoms with Crippen molar-refractivity contribution in [2.45, 2.75) is 0 Å². The van der Waals surface area contributed by atoms with Crippen LogP contribution in [0.25, 0.3) is 134 Å². The molecule has 0 N–H and O–H groups in total. The molecule has 0 fully saturated rings. The van der Waals surface area contributed by atoms with E-state index in [-0.39, 0.29) is 6.71 Å². The van der Waals surface area contributed by atoms with Gasteiger partial charge >= 0.3 is 0 Å². The molecule has 0 amide bonds. The van der Waals surface area contributed by atoms with E-state index in [0.717, 1.165) is 50.2 Å². The van der Waals surface area contributed by atoms with Crippen LogP contribution in [-0.4, -0.2) is 30.8 Å². The van der Waals surface area contributed by atoms with Crippen molar-refractivity contribution in [3.63, 3.8) is 0 Å². The summed E-state index contributed by atoms with van der Waals surface area (Å²) in [5, 5.41) is 4.93. The molecule has 2 aliphatic rings. The van der Waals surface area contributed by atoms with Crippen LogP contribution in [0.3, 0.4) is 0 Å². The Bertz CT molecular complexity index is 4320. The average Bonchev–Trinajstić information content (AvgIpc) is 4.02. The number of para-hydroxylation sites is 2. The maximum atomic E-state index is 5.42. The molecule has 0 spiro atoms. The standard InChI is InChI=1S/C69H42BN5/c1-7-21-43(22-8-1)49-37-54(45-25-11-3-12-26-45)62-52-33-19-35-56-65(52)74(58(62)39-49)60-41-51(69-72-67(47-29-15-5-16-30-47)71-68(73-69)48-31-17-6-18-32-48)42-61-64(60)70(56)57-36-20-34-53-63-55(46-27-13-4-14-28-46)38-50(44-23-9-2-10-24-44)40-59(63)75(61)66(53)57/h1-42H. The topological polar surface area (TPSA) is 48.5 Å². The van der Waals surface area contributed by atoms with Gasteiger partial charge in [-0.2, -0.15) is 0 Å². The monoisotopic (exact) mass is 951 g/mol. The van der Waals surface area contributed by atoms with Crippen LogP contribution in [0.15, 0.2) is 255 Å². The molecule has 5 heterocycles. The van der Waals surface area contributed by atoms with Crippen molar-refractivity contribution in [3.8, 4) is 90.0 Å². The van der Waals surface area contributed by atoms with Gasteiger partial charge in [0.1, 0.15) is 0 Å². The average molecular weight is 952 g/mol. The number of hydrogen-bond donors (Lipinski definition) is 0. The molecule has 0 aliphatic carbocycles. The van der Waals surface area contributed by atoms with E-state index in [1.807, 2.05) is 36.4 Å². The quantitative estimate of drug-likeness (QED) is 0.150. The van der Waals surface area contributed by atoms with Crippen molar-refractivity contribution < 1.29 is 0 Å². The number of nitrogens with zero attached hydrogens (tertiary/aromatic N) is 5. The first-order valence-corrected chi connectivity index (χ1v) is 25.7. The predicted molar refractivity (Wildman–Crippen MR) is 311 cm³/mol. The fraction of sp³-hybridized carbons (Fsp3) is 0. The molecule has 346 valence electrons. The predicted octanol–water partition coefficient (Wildman–Crippen LogP) is 14.9. The SMILES string of the molecule is c1ccc(-c2cc(-c3ccccc3)c3c4cccc5c4n(c3c2)-c2cc(-c3nc(-c4ccccc4)nc(-c4ccccc4)n3)cc3c2B5c2cccc4c5c(-c6ccccc6)cc(-c6ccccc6)cc5n-3c24)cc1. The normalized spacial score (nSPS) is 12.2. The molecule has 11 aromatic carbocycles. The zero-order chi connectivity index (χ0) is 49.1. The first-order chi connectivity index (χ1) is 37.2. The van der Waals surface area contributed by atoms with Gasteiger partial charge in [-0.05, 0) is 97.3 Å². The Hall–Kier alpha value is -9.91. The summed E-state index contributed by atoms with van der Waals surface area (Å²) >= 11 is 0. The van der Waals surface area contributed by atoms with Crippen molar-refractivity contribution in [2.24, 2.45) is 0 Å². The third-order valence-electron chi connectivity index (χ3n) is 15.7. The number of fused-ring (bicyclic) bond motifs is 10. The van der Waals surface area contributed by atoms with Crippen LogP contribution in [-0.2, 0) is 0 Å². The van der Waals surface area contributed by atoms with E-state index in [9.17, 15) is 0 Å². The van der Waals surface area contributed by atoms with Gasteiger partial charge in [-0.1, -0.05) is 218 Å². The second-order valence-electron chi connectivity index (χ2n) is 19.9. The van der Waals surface area contributed by atoms with Crippen LogP contribution >= 0.6 is 0 Å². The Kier molecular flexibility index (Phi) is 9.06. The van der Waals surface area contributed by atoms with E-state index >= 15 is 0 Å². The summed E-state index contributed by atoms with van der Waals surface area (Å²) in [6.45, 7) is -0.0780. The van der Waals surface area contributed by atoms with Gasteiger partial charge < -0.3 is 9.13 Å². The highest BCUT2D eigenvalue weighted by Gasteiger charge is 2.42. The highest BCUT2D eigenvalue weighted by atomic mass is 15.1. The highest BCUT2D eigenvalue weighted by molar-refractivity contribution is 7.00. The summed E-state index contributed by atoms with van der Waals surface area (Å²) in [5.41, 5.74) is 23.0. The molecule has 16 rings (SSSR count). The maximum Gasteiger partial charge on any atom is 0.252 e. The molecule has 0 atom stereocenters. The lowest BCUT2D eigenvalue weighted by Gasteiger charge is -2.34. The molecule has 0 bridgehead atoms. The molecule has 0 saturated heterocycles. The Balaban J connectivity index is 1.09. The van der Waals surface area contributed by atoms with Crippen LogP contribution in [0.4, 0.5) is 0 Å². The summed E-state index contributed by atoms with van der Waals surface area (Å²) in [6.07, 6.45) is 0. The smallest absolute Gasteiger partial charge is 0.252 e. The molecule has 14 aromatic rings. The van der Waals surface area contributed by atoms with Crippen LogP contribution in [0.5, 0.6) is 0 Å². The number of hydrogen-bond acceptors (Lipinski definition) is 3. The fourth-order valence-electron chi connectivity index (χ4n) is 12.5. The maximum absolute atomic E-state index is 5.42. The highest BCUT2D eigenvalue weighted by Crippen LogP contribution is 2.47. The van der Waals surface area contributed by atoms with E-state index in [4.69, 9.17) is 15.0 Å². The van der Waals surface area contributed by atoms with E-state index in [2.05, 4.69) is 228 Å². The van der Waals surface area contributed by atoms with Crippen LogP contribution in [0.2, 0.25) is 0 Å². The van der Waals surface area contributed by atoms with Gasteiger partial charge in [0.15, 0.2) is 17.5 Å². The van der Waals surface area contributed by atoms with Crippen molar-refractivity contribution in [1.82, 2.24) is 24.1 Å². The molecule has 0 saturated carbocycles.